The van der Waals surface area contributed by atoms with Crippen molar-refractivity contribution in [2.24, 2.45) is 0 Å². The Labute approximate surface area is 72.4 Å². The van der Waals surface area contributed by atoms with Crippen LogP contribution in [0, 0.1) is 0 Å². The van der Waals surface area contributed by atoms with Crippen LogP contribution in [-0.2, 0) is 14.3 Å². The molecule has 1 fully saturated rings. The Kier molecular flexibility index (Phi) is 2.52. The van der Waals surface area contributed by atoms with E-state index in [2.05, 4.69) is 0 Å². The molecule has 12 heavy (non-hydrogen) atoms. The molecule has 1 saturated heterocycles. The first kappa shape index (κ1) is 9.26. The number of carbonyl (C=O) groups excluding carboxylic acids is 1. The maximum absolute atomic E-state index is 11.0. The van der Waals surface area contributed by atoms with Gasteiger partial charge in [-0.15, -0.1) is 0 Å². The van der Waals surface area contributed by atoms with E-state index in [0.29, 0.717) is 6.42 Å². The van der Waals surface area contributed by atoms with Crippen molar-refractivity contribution in [3.63, 3.8) is 0 Å². The third-order valence-electron chi connectivity index (χ3n) is 2.01. The number of carbonyl (C=O) groups is 1. The minimum Gasteiger partial charge on any atom is -0.427 e. The molecule has 3 heteroatoms. The van der Waals surface area contributed by atoms with Gasteiger partial charge in [-0.05, 0) is 13.8 Å². The van der Waals surface area contributed by atoms with Crippen LogP contribution < -0.4 is 0 Å². The molecule has 0 spiro atoms. The van der Waals surface area contributed by atoms with E-state index in [1.165, 1.54) is 6.08 Å². The van der Waals surface area contributed by atoms with E-state index in [-0.39, 0.29) is 12.1 Å². The number of hydrogen-bond acceptors (Lipinski definition) is 3. The zero-order valence-corrected chi connectivity index (χ0v) is 7.66. The second kappa shape index (κ2) is 3.27. The average Bonchev–Trinajstić information content (AvgIpc) is 2.63. The first-order valence-corrected chi connectivity index (χ1v) is 4.18. The van der Waals surface area contributed by atoms with E-state index in [4.69, 9.17) is 9.47 Å². The molecule has 0 aromatic rings. The fraction of sp³-hybridized carbons (Fsp3) is 0.667. The molecule has 0 aromatic heterocycles. The molecule has 1 rings (SSSR count). The van der Waals surface area contributed by atoms with E-state index >= 15 is 0 Å². The highest BCUT2D eigenvalue weighted by molar-refractivity contribution is 5.82. The van der Waals surface area contributed by atoms with Gasteiger partial charge >= 0.3 is 5.97 Å². The van der Waals surface area contributed by atoms with Crippen LogP contribution in [0.4, 0.5) is 0 Å². The van der Waals surface area contributed by atoms with E-state index in [1.54, 1.807) is 13.0 Å². The fourth-order valence-electron chi connectivity index (χ4n) is 1.16. The molecule has 1 heterocycles. The Morgan fingerprint density at radius 1 is 1.75 bits per heavy atom. The summed E-state index contributed by atoms with van der Waals surface area (Å²) in [7, 11) is 0. The van der Waals surface area contributed by atoms with E-state index < -0.39 is 5.79 Å². The molecule has 2 atom stereocenters. The zero-order chi connectivity index (χ0) is 9.19. The van der Waals surface area contributed by atoms with Gasteiger partial charge in [-0.2, -0.15) is 0 Å². The lowest BCUT2D eigenvalue weighted by Crippen LogP contribution is -2.21. The normalized spacial score (nSPS) is 33.8. The summed E-state index contributed by atoms with van der Waals surface area (Å²) in [6.07, 6.45) is 3.79. The lowest BCUT2D eigenvalue weighted by atomic mass is 10.2. The molecule has 0 saturated carbocycles. The highest BCUT2D eigenvalue weighted by Gasteiger charge is 2.55. The summed E-state index contributed by atoms with van der Waals surface area (Å²) in [5.74, 6) is -0.958. The molecule has 1 aliphatic rings. The minimum atomic E-state index is -0.628. The maximum Gasteiger partial charge on any atom is 0.333 e. The second-order valence-corrected chi connectivity index (χ2v) is 2.85. The van der Waals surface area contributed by atoms with Crippen LogP contribution in [0.1, 0.15) is 27.2 Å². The Bertz CT molecular complexity index is 206. The van der Waals surface area contributed by atoms with Gasteiger partial charge in [0.05, 0.1) is 0 Å². The van der Waals surface area contributed by atoms with Gasteiger partial charge in [0.1, 0.15) is 6.10 Å². The van der Waals surface area contributed by atoms with Crippen molar-refractivity contribution in [1.82, 2.24) is 0 Å². The van der Waals surface area contributed by atoms with E-state index in [9.17, 15) is 4.79 Å². The van der Waals surface area contributed by atoms with Crippen molar-refractivity contribution in [3.8, 4) is 0 Å². The quantitative estimate of drug-likeness (QED) is 0.367. The molecule has 0 N–H and O–H groups in total. The number of epoxide rings is 1. The lowest BCUT2D eigenvalue weighted by molar-refractivity contribution is -0.152. The summed E-state index contributed by atoms with van der Waals surface area (Å²) in [5.41, 5.74) is 0. The summed E-state index contributed by atoms with van der Waals surface area (Å²) in [5, 5.41) is 0. The molecule has 0 bridgehead atoms. The van der Waals surface area contributed by atoms with Crippen molar-refractivity contribution in [1.29, 1.82) is 0 Å². The molecule has 0 radical (unpaired) electrons. The smallest absolute Gasteiger partial charge is 0.333 e. The van der Waals surface area contributed by atoms with Crippen molar-refractivity contribution in [2.45, 2.75) is 39.1 Å². The highest BCUT2D eigenvalue weighted by Crippen LogP contribution is 2.40. The molecular formula is C9H14O3. The number of allylic oxidation sites excluding steroid dienone is 1. The average molecular weight is 170 g/mol. The summed E-state index contributed by atoms with van der Waals surface area (Å²) in [4.78, 5) is 11.0. The lowest BCUT2D eigenvalue weighted by Gasteiger charge is -2.08. The van der Waals surface area contributed by atoms with Crippen LogP contribution in [0.5, 0.6) is 0 Å². The third-order valence-corrected chi connectivity index (χ3v) is 2.01. The molecule has 0 aliphatic carbocycles. The molecular weight excluding hydrogens is 156 g/mol. The topological polar surface area (TPSA) is 38.8 Å². The van der Waals surface area contributed by atoms with Crippen LogP contribution in [0.3, 0.4) is 0 Å². The second-order valence-electron chi connectivity index (χ2n) is 2.85. The van der Waals surface area contributed by atoms with Crippen LogP contribution in [-0.4, -0.2) is 17.9 Å². The molecule has 0 amide bonds. The Hall–Kier alpha value is -0.830. The van der Waals surface area contributed by atoms with E-state index in [1.807, 2.05) is 13.8 Å². The largest absolute Gasteiger partial charge is 0.427 e. The summed E-state index contributed by atoms with van der Waals surface area (Å²) in [6, 6.07) is 0. The molecule has 2 unspecified atom stereocenters. The van der Waals surface area contributed by atoms with Gasteiger partial charge in [0, 0.05) is 12.5 Å². The molecule has 68 valence electrons. The van der Waals surface area contributed by atoms with Crippen molar-refractivity contribution < 1.29 is 14.3 Å². The van der Waals surface area contributed by atoms with Crippen molar-refractivity contribution in [3.05, 3.63) is 12.2 Å². The van der Waals surface area contributed by atoms with Gasteiger partial charge < -0.3 is 9.47 Å². The van der Waals surface area contributed by atoms with Crippen LogP contribution in [0.2, 0.25) is 0 Å². The number of rotatable bonds is 3. The van der Waals surface area contributed by atoms with Gasteiger partial charge in [0.25, 0.3) is 0 Å². The number of ether oxygens (including phenoxy) is 2. The minimum absolute atomic E-state index is 0.0386. The highest BCUT2D eigenvalue weighted by atomic mass is 16.8. The monoisotopic (exact) mass is 170 g/mol. The van der Waals surface area contributed by atoms with Gasteiger partial charge in [-0.25, -0.2) is 4.79 Å². The predicted octanol–water partition coefficient (Wildman–Crippen LogP) is 1.63. The maximum atomic E-state index is 11.0. The molecule has 1 aliphatic heterocycles. The van der Waals surface area contributed by atoms with Crippen molar-refractivity contribution >= 4 is 5.97 Å². The summed E-state index contributed by atoms with van der Waals surface area (Å²) in [6.45, 7) is 5.61. The fourth-order valence-corrected chi connectivity index (χ4v) is 1.16. The van der Waals surface area contributed by atoms with Gasteiger partial charge in [0.15, 0.2) is 0 Å². The summed E-state index contributed by atoms with van der Waals surface area (Å²) >= 11 is 0. The molecule has 0 aromatic carbocycles. The first-order valence-electron chi connectivity index (χ1n) is 4.18. The Morgan fingerprint density at radius 2 is 2.33 bits per heavy atom. The first-order chi connectivity index (χ1) is 5.64. The molecule has 3 nitrogen and oxygen atoms in total. The van der Waals surface area contributed by atoms with Crippen LogP contribution >= 0.6 is 0 Å². The van der Waals surface area contributed by atoms with Crippen LogP contribution in [0.15, 0.2) is 12.2 Å². The van der Waals surface area contributed by atoms with Crippen molar-refractivity contribution in [2.75, 3.05) is 0 Å². The third kappa shape index (κ3) is 1.67. The SMILES string of the molecule is CC=CC(=O)OC1(CC)OC1C. The zero-order valence-electron chi connectivity index (χ0n) is 7.66. The standard InChI is InChI=1S/C9H14O3/c1-4-6-8(10)12-9(5-2)7(3)11-9/h4,6-7H,5H2,1-3H3. The van der Waals surface area contributed by atoms with Crippen LogP contribution in [0.25, 0.3) is 0 Å². The van der Waals surface area contributed by atoms with Gasteiger partial charge in [-0.3, -0.25) is 0 Å². The van der Waals surface area contributed by atoms with Gasteiger partial charge in [-0.1, -0.05) is 13.0 Å². The summed E-state index contributed by atoms with van der Waals surface area (Å²) < 4.78 is 10.3. The predicted molar refractivity (Wildman–Crippen MR) is 44.5 cm³/mol. The number of esters is 1. The van der Waals surface area contributed by atoms with Gasteiger partial charge in [0.2, 0.25) is 5.79 Å². The number of hydrogen-bond donors (Lipinski definition) is 0. The Balaban J connectivity index is 2.45. The Morgan fingerprint density at radius 3 is 2.67 bits per heavy atom. The van der Waals surface area contributed by atoms with E-state index in [0.717, 1.165) is 0 Å².